The zero-order valence-corrected chi connectivity index (χ0v) is 21.1. The van der Waals surface area contributed by atoms with E-state index in [2.05, 4.69) is 10.5 Å². The Morgan fingerprint density at radius 1 is 1.22 bits per heavy atom. The summed E-state index contributed by atoms with van der Waals surface area (Å²) < 4.78 is 57.1. The number of carbonyl (C=O) groups is 1. The lowest BCUT2D eigenvalue weighted by atomic mass is 9.84. The number of hydrogen-bond donors (Lipinski definition) is 2. The molecular weight excluding hydrogens is 537 g/mol. The van der Waals surface area contributed by atoms with Gasteiger partial charge in [0.1, 0.15) is 6.23 Å². The van der Waals surface area contributed by atoms with Crippen LogP contribution < -0.4 is 5.32 Å². The quantitative estimate of drug-likeness (QED) is 0.410. The van der Waals surface area contributed by atoms with Crippen LogP contribution in [-0.4, -0.2) is 53.7 Å². The van der Waals surface area contributed by atoms with Gasteiger partial charge in [-0.25, -0.2) is 4.39 Å². The van der Waals surface area contributed by atoms with Crippen molar-refractivity contribution in [2.24, 2.45) is 5.16 Å². The molecule has 3 atom stereocenters. The van der Waals surface area contributed by atoms with E-state index in [9.17, 15) is 27.5 Å². The fraction of sp³-hybridized carbons (Fsp3) is 0.440. The molecule has 2 aromatic rings. The largest absolute Gasteiger partial charge is 0.435 e. The van der Waals surface area contributed by atoms with Crippen LogP contribution in [0.3, 0.4) is 0 Å². The van der Waals surface area contributed by atoms with Crippen molar-refractivity contribution in [1.82, 2.24) is 10.2 Å². The summed E-state index contributed by atoms with van der Waals surface area (Å²) >= 11 is 11.6. The first-order chi connectivity index (χ1) is 17.4. The molecule has 198 valence electrons. The highest BCUT2D eigenvalue weighted by atomic mass is 35.5. The summed E-state index contributed by atoms with van der Waals surface area (Å²) in [6.45, 7) is 0.647. The maximum atomic E-state index is 14.4. The summed E-state index contributed by atoms with van der Waals surface area (Å²) in [5.74, 6) is -1.36. The van der Waals surface area contributed by atoms with Gasteiger partial charge in [0.2, 0.25) is 0 Å². The molecule has 3 aliphatic rings. The second kappa shape index (κ2) is 9.41. The summed E-state index contributed by atoms with van der Waals surface area (Å²) in [4.78, 5) is 19.9. The highest BCUT2D eigenvalue weighted by molar-refractivity contribution is 6.35. The number of oxime groups is 1. The van der Waals surface area contributed by atoms with Gasteiger partial charge in [0, 0.05) is 29.7 Å². The van der Waals surface area contributed by atoms with Crippen LogP contribution in [-0.2, 0) is 23.3 Å². The predicted octanol–water partition coefficient (Wildman–Crippen LogP) is 4.96. The Morgan fingerprint density at radius 3 is 2.51 bits per heavy atom. The number of rotatable bonds is 4. The number of carbonyl (C=O) groups excluding carboxylic acids is 1. The van der Waals surface area contributed by atoms with E-state index < -0.39 is 51.9 Å². The van der Waals surface area contributed by atoms with Crippen LogP contribution in [0.5, 0.6) is 0 Å². The molecule has 0 radical (unpaired) electrons. The smallest absolute Gasteiger partial charge is 0.376 e. The Morgan fingerprint density at radius 2 is 1.89 bits per heavy atom. The minimum absolute atomic E-state index is 0.0619. The van der Waals surface area contributed by atoms with Gasteiger partial charge in [-0.1, -0.05) is 34.4 Å². The number of halogens is 6. The van der Waals surface area contributed by atoms with Crippen LogP contribution in [0.2, 0.25) is 10.0 Å². The number of hydrogen-bond acceptors (Lipinski definition) is 5. The second-order valence-corrected chi connectivity index (χ2v) is 10.4. The normalized spacial score (nSPS) is 25.7. The number of fused-ring (bicyclic) bond motifs is 1. The Hall–Kier alpha value is -2.40. The Labute approximate surface area is 220 Å². The first-order valence-electron chi connectivity index (χ1n) is 11.7. The molecule has 1 fully saturated rings. The highest BCUT2D eigenvalue weighted by Gasteiger charge is 2.62. The van der Waals surface area contributed by atoms with Crippen LogP contribution in [0.4, 0.5) is 17.6 Å². The fourth-order valence-corrected chi connectivity index (χ4v) is 5.84. The number of nitrogens with zero attached hydrogens (tertiary/aromatic N) is 2. The van der Waals surface area contributed by atoms with Crippen molar-refractivity contribution in [2.75, 3.05) is 13.6 Å². The van der Waals surface area contributed by atoms with Gasteiger partial charge in [-0.2, -0.15) is 13.2 Å². The van der Waals surface area contributed by atoms with E-state index in [0.29, 0.717) is 36.9 Å². The van der Waals surface area contributed by atoms with Crippen molar-refractivity contribution in [2.45, 2.75) is 56.2 Å². The van der Waals surface area contributed by atoms with E-state index in [1.165, 1.54) is 0 Å². The molecule has 0 bridgehead atoms. The number of alkyl halides is 3. The van der Waals surface area contributed by atoms with Crippen molar-refractivity contribution in [1.29, 1.82) is 0 Å². The molecule has 1 amide bonds. The number of likely N-dealkylation sites (tertiary alicyclic amines) is 1. The minimum Gasteiger partial charge on any atom is -0.376 e. The van der Waals surface area contributed by atoms with Crippen molar-refractivity contribution in [3.8, 4) is 0 Å². The van der Waals surface area contributed by atoms with E-state index >= 15 is 0 Å². The minimum atomic E-state index is -4.92. The second-order valence-electron chi connectivity index (χ2n) is 9.62. The summed E-state index contributed by atoms with van der Waals surface area (Å²) in [6.07, 6.45) is -3.90. The van der Waals surface area contributed by atoms with Crippen LogP contribution in [0.25, 0.3) is 0 Å². The third-order valence-electron chi connectivity index (χ3n) is 7.40. The Kier molecular flexibility index (Phi) is 6.67. The third-order valence-corrected chi connectivity index (χ3v) is 7.95. The summed E-state index contributed by atoms with van der Waals surface area (Å²) in [7, 11) is 1.77. The van der Waals surface area contributed by atoms with Gasteiger partial charge in [0.05, 0.1) is 21.8 Å². The average Bonchev–Trinajstić information content (AvgIpc) is 3.57. The van der Waals surface area contributed by atoms with E-state index in [0.717, 1.165) is 29.7 Å². The lowest BCUT2D eigenvalue weighted by Crippen LogP contribution is -2.44. The molecule has 2 N–H and O–H groups in total. The molecule has 2 heterocycles. The van der Waals surface area contributed by atoms with Gasteiger partial charge in [0.25, 0.3) is 11.5 Å². The van der Waals surface area contributed by atoms with Crippen molar-refractivity contribution >= 4 is 34.8 Å². The van der Waals surface area contributed by atoms with Gasteiger partial charge in [0.15, 0.2) is 5.82 Å². The van der Waals surface area contributed by atoms with Crippen molar-refractivity contribution < 1.29 is 32.3 Å². The topological polar surface area (TPSA) is 74.2 Å². The first kappa shape index (κ1) is 26.2. The molecule has 5 rings (SSSR count). The Balaban J connectivity index is 1.46. The molecule has 6 nitrogen and oxygen atoms in total. The van der Waals surface area contributed by atoms with E-state index in [4.69, 9.17) is 28.0 Å². The maximum Gasteiger partial charge on any atom is 0.435 e. The predicted molar refractivity (Wildman–Crippen MR) is 129 cm³/mol. The van der Waals surface area contributed by atoms with Gasteiger partial charge in [-0.3, -0.25) is 9.69 Å². The summed E-state index contributed by atoms with van der Waals surface area (Å²) in [5.41, 5.74) is -0.903. The van der Waals surface area contributed by atoms with Gasteiger partial charge >= 0.3 is 6.18 Å². The van der Waals surface area contributed by atoms with Crippen LogP contribution in [0.15, 0.2) is 29.4 Å². The van der Waals surface area contributed by atoms with Crippen LogP contribution >= 0.6 is 23.2 Å². The summed E-state index contributed by atoms with van der Waals surface area (Å²) in [5, 5.41) is 15.8. The van der Waals surface area contributed by atoms with Gasteiger partial charge in [-0.15, -0.1) is 0 Å². The maximum absolute atomic E-state index is 14.4. The standard InChI is InChI=1S/C25H23Cl2F4N3O3/c1-34-8-7-19(23(34)36)32-22(35)16-6-5-15(13-3-2-4-14(13)16)20-11-24(37-33-20,25(29,30)31)12-9-17(26)21(28)18(27)10-12/h5-6,9-10,19,23,36H,2-4,7-8,11H2,1H3,(H,32,35). The fourth-order valence-electron chi connectivity index (χ4n) is 5.35. The SMILES string of the molecule is CN1CCC(NC(=O)c2ccc(C3=NOC(c4cc(Cl)c(F)c(Cl)c4)(C(F)(F)F)C3)c3c2CCC3)C1O. The molecule has 3 unspecified atom stereocenters. The van der Waals surface area contributed by atoms with Crippen molar-refractivity contribution in [3.63, 3.8) is 0 Å². The number of aliphatic hydroxyl groups excluding tert-OH is 1. The molecule has 2 aliphatic heterocycles. The summed E-state index contributed by atoms with van der Waals surface area (Å²) in [6, 6.07) is 4.43. The number of nitrogens with one attached hydrogen (secondary N) is 1. The third kappa shape index (κ3) is 4.37. The van der Waals surface area contributed by atoms with E-state index in [-0.39, 0.29) is 11.6 Å². The van der Waals surface area contributed by atoms with Gasteiger partial charge < -0.3 is 15.3 Å². The Bertz CT molecular complexity index is 1280. The molecule has 1 aliphatic carbocycles. The number of benzene rings is 2. The average molecular weight is 560 g/mol. The molecule has 0 spiro atoms. The van der Waals surface area contributed by atoms with E-state index in [1.54, 1.807) is 24.1 Å². The molecule has 0 aromatic heterocycles. The van der Waals surface area contributed by atoms with Crippen LogP contribution in [0.1, 0.15) is 51.9 Å². The first-order valence-corrected chi connectivity index (χ1v) is 12.5. The molecule has 1 saturated heterocycles. The van der Waals surface area contributed by atoms with E-state index in [1.807, 2.05) is 0 Å². The lowest BCUT2D eigenvalue weighted by Gasteiger charge is -2.30. The lowest BCUT2D eigenvalue weighted by molar-refractivity contribution is -0.275. The number of aliphatic hydroxyl groups is 1. The number of likely N-dealkylation sites (N-methyl/N-ethyl adjacent to an activating group) is 1. The highest BCUT2D eigenvalue weighted by Crippen LogP contribution is 2.50. The monoisotopic (exact) mass is 559 g/mol. The van der Waals surface area contributed by atoms with Crippen LogP contribution in [0, 0.1) is 5.82 Å². The van der Waals surface area contributed by atoms with Crippen molar-refractivity contribution in [3.05, 3.63) is 67.9 Å². The zero-order valence-electron chi connectivity index (χ0n) is 19.6. The van der Waals surface area contributed by atoms with Gasteiger partial charge in [-0.05, 0) is 62.1 Å². The molecule has 12 heteroatoms. The molecular formula is C25H23Cl2F4N3O3. The number of amides is 1. The molecule has 37 heavy (non-hydrogen) atoms. The zero-order chi connectivity index (χ0) is 26.7. The molecule has 2 aromatic carbocycles. The molecule has 0 saturated carbocycles.